The Kier molecular flexibility index (Phi) is 3.89. The molecule has 10 nitrogen and oxygen atoms in total. The standard InChI is InChI=1S/C11H11N7O3S/c19-9(6-16-5-8(4-12-16)18(20)21)7-17-14-11(13-15-17)10-2-1-3-22-10/h1-5,9,19H,6-7H2/t9-/m1/s1. The molecule has 0 aliphatic rings. The first-order valence-corrected chi connectivity index (χ1v) is 7.16. The van der Waals surface area contributed by atoms with Gasteiger partial charge >= 0.3 is 5.69 Å². The van der Waals surface area contributed by atoms with E-state index in [1.807, 2.05) is 17.5 Å². The summed E-state index contributed by atoms with van der Waals surface area (Å²) in [6.45, 7) is 0.218. The molecule has 0 unspecified atom stereocenters. The van der Waals surface area contributed by atoms with Gasteiger partial charge in [0.05, 0.1) is 29.0 Å². The number of rotatable bonds is 6. The molecule has 0 aliphatic heterocycles. The number of thiophene rings is 1. The third-order valence-electron chi connectivity index (χ3n) is 2.80. The molecule has 0 spiro atoms. The van der Waals surface area contributed by atoms with Gasteiger partial charge in [0, 0.05) is 0 Å². The Hall–Kier alpha value is -2.66. The molecule has 0 saturated carbocycles. The van der Waals surface area contributed by atoms with Crippen molar-refractivity contribution in [3.05, 3.63) is 40.0 Å². The lowest BCUT2D eigenvalue weighted by Crippen LogP contribution is -2.23. The molecule has 1 N–H and O–H groups in total. The van der Waals surface area contributed by atoms with E-state index in [4.69, 9.17) is 0 Å². The van der Waals surface area contributed by atoms with E-state index in [2.05, 4.69) is 20.5 Å². The van der Waals surface area contributed by atoms with Gasteiger partial charge in [-0.3, -0.25) is 14.8 Å². The first kappa shape index (κ1) is 14.3. The maximum atomic E-state index is 10.6. The van der Waals surface area contributed by atoms with Crippen molar-refractivity contribution in [3.8, 4) is 10.7 Å². The van der Waals surface area contributed by atoms with Crippen LogP contribution in [0.3, 0.4) is 0 Å². The van der Waals surface area contributed by atoms with Crippen LogP contribution < -0.4 is 0 Å². The second kappa shape index (κ2) is 5.99. The summed E-state index contributed by atoms with van der Waals surface area (Å²) < 4.78 is 1.31. The van der Waals surface area contributed by atoms with E-state index in [1.54, 1.807) is 0 Å². The van der Waals surface area contributed by atoms with Gasteiger partial charge in [0.1, 0.15) is 12.4 Å². The van der Waals surface area contributed by atoms with Gasteiger partial charge in [0.15, 0.2) is 0 Å². The zero-order chi connectivity index (χ0) is 15.5. The molecule has 1 atom stereocenters. The van der Waals surface area contributed by atoms with Crippen molar-refractivity contribution >= 4 is 17.0 Å². The second-order valence-corrected chi connectivity index (χ2v) is 5.42. The van der Waals surface area contributed by atoms with Gasteiger partial charge in [0.2, 0.25) is 5.82 Å². The average Bonchev–Trinajstić information content (AvgIpc) is 3.18. The van der Waals surface area contributed by atoms with E-state index < -0.39 is 11.0 Å². The summed E-state index contributed by atoms with van der Waals surface area (Å²) in [6, 6.07) is 3.77. The SMILES string of the molecule is O=[N+]([O-])c1cnn(C[C@@H](O)Cn2nnc(-c3cccs3)n2)c1. The van der Waals surface area contributed by atoms with Gasteiger partial charge < -0.3 is 5.11 Å². The van der Waals surface area contributed by atoms with Crippen molar-refractivity contribution in [2.24, 2.45) is 0 Å². The second-order valence-electron chi connectivity index (χ2n) is 4.48. The van der Waals surface area contributed by atoms with Crippen molar-refractivity contribution in [3.63, 3.8) is 0 Å². The van der Waals surface area contributed by atoms with Gasteiger partial charge in [-0.15, -0.1) is 21.5 Å². The molecule has 114 valence electrons. The highest BCUT2D eigenvalue weighted by molar-refractivity contribution is 7.13. The minimum Gasteiger partial charge on any atom is -0.389 e. The maximum absolute atomic E-state index is 10.6. The number of nitro groups is 1. The van der Waals surface area contributed by atoms with E-state index in [-0.39, 0.29) is 18.8 Å². The summed E-state index contributed by atoms with van der Waals surface area (Å²) >= 11 is 1.50. The molecule has 0 radical (unpaired) electrons. The highest BCUT2D eigenvalue weighted by Gasteiger charge is 2.14. The molecule has 0 amide bonds. The molecule has 0 bridgehead atoms. The van der Waals surface area contributed by atoms with Gasteiger partial charge in [-0.05, 0) is 16.7 Å². The number of nitrogens with zero attached hydrogens (tertiary/aromatic N) is 7. The molecule has 3 heterocycles. The topological polar surface area (TPSA) is 125 Å². The van der Waals surface area contributed by atoms with Crippen LogP contribution in [0.15, 0.2) is 29.9 Å². The largest absolute Gasteiger partial charge is 0.389 e. The Labute approximate surface area is 127 Å². The van der Waals surface area contributed by atoms with Crippen LogP contribution in [-0.4, -0.2) is 46.1 Å². The molecule has 22 heavy (non-hydrogen) atoms. The molecule has 0 aliphatic carbocycles. The zero-order valence-electron chi connectivity index (χ0n) is 11.2. The Morgan fingerprint density at radius 1 is 1.45 bits per heavy atom. The smallest absolute Gasteiger partial charge is 0.306 e. The number of aliphatic hydroxyl groups excluding tert-OH is 1. The summed E-state index contributed by atoms with van der Waals surface area (Å²) in [5, 5.41) is 38.2. The zero-order valence-corrected chi connectivity index (χ0v) is 12.0. The summed E-state index contributed by atoms with van der Waals surface area (Å²) in [7, 11) is 0. The normalized spacial score (nSPS) is 12.4. The van der Waals surface area contributed by atoms with E-state index in [0.717, 1.165) is 11.1 Å². The first-order valence-electron chi connectivity index (χ1n) is 6.28. The summed E-state index contributed by atoms with van der Waals surface area (Å²) in [5.74, 6) is 0.497. The third kappa shape index (κ3) is 3.15. The van der Waals surface area contributed by atoms with Crippen molar-refractivity contribution in [1.82, 2.24) is 30.0 Å². The summed E-state index contributed by atoms with van der Waals surface area (Å²) in [6.07, 6.45) is 1.55. The first-order chi connectivity index (χ1) is 10.6. The highest BCUT2D eigenvalue weighted by Crippen LogP contribution is 2.19. The third-order valence-corrected chi connectivity index (χ3v) is 3.66. The molecule has 3 rings (SSSR count). The Balaban J connectivity index is 1.61. The van der Waals surface area contributed by atoms with Crippen LogP contribution in [0.2, 0.25) is 0 Å². The molecular formula is C11H11N7O3S. The Morgan fingerprint density at radius 2 is 2.32 bits per heavy atom. The minimum absolute atomic E-state index is 0.101. The quantitative estimate of drug-likeness (QED) is 0.519. The van der Waals surface area contributed by atoms with Crippen LogP contribution >= 0.6 is 11.3 Å². The monoisotopic (exact) mass is 321 g/mol. The number of tetrazole rings is 1. The number of aliphatic hydroxyl groups is 1. The maximum Gasteiger partial charge on any atom is 0.306 e. The summed E-state index contributed by atoms with van der Waals surface area (Å²) in [4.78, 5) is 12.2. The Bertz CT molecular complexity index is 766. The summed E-state index contributed by atoms with van der Waals surface area (Å²) in [5.41, 5.74) is -0.119. The van der Waals surface area contributed by atoms with Gasteiger partial charge in [-0.1, -0.05) is 6.07 Å². The Morgan fingerprint density at radius 3 is 3.00 bits per heavy atom. The fourth-order valence-corrected chi connectivity index (χ4v) is 2.48. The van der Waals surface area contributed by atoms with Crippen LogP contribution in [0, 0.1) is 10.1 Å². The fourth-order valence-electron chi connectivity index (χ4n) is 1.83. The molecule has 11 heteroatoms. The van der Waals surface area contributed by atoms with Crippen LogP contribution in [0.25, 0.3) is 10.7 Å². The number of hydrogen-bond acceptors (Lipinski definition) is 8. The molecular weight excluding hydrogens is 310 g/mol. The van der Waals surface area contributed by atoms with Crippen molar-refractivity contribution in [2.45, 2.75) is 19.2 Å². The lowest BCUT2D eigenvalue weighted by molar-refractivity contribution is -0.385. The molecule has 3 aromatic heterocycles. The lowest BCUT2D eigenvalue weighted by atomic mass is 10.3. The number of aromatic nitrogens is 6. The highest BCUT2D eigenvalue weighted by atomic mass is 32.1. The van der Waals surface area contributed by atoms with E-state index >= 15 is 0 Å². The lowest BCUT2D eigenvalue weighted by Gasteiger charge is -2.08. The fraction of sp³-hybridized carbons (Fsp3) is 0.273. The van der Waals surface area contributed by atoms with Crippen LogP contribution in [0.5, 0.6) is 0 Å². The predicted molar refractivity (Wildman–Crippen MR) is 76.0 cm³/mol. The van der Waals surface area contributed by atoms with Gasteiger partial charge in [-0.25, -0.2) is 0 Å². The van der Waals surface area contributed by atoms with Crippen molar-refractivity contribution in [2.75, 3.05) is 0 Å². The molecule has 0 aromatic carbocycles. The number of hydrogen-bond donors (Lipinski definition) is 1. The van der Waals surface area contributed by atoms with E-state index in [0.29, 0.717) is 5.82 Å². The van der Waals surface area contributed by atoms with Gasteiger partial charge in [-0.2, -0.15) is 9.90 Å². The molecule has 0 saturated heterocycles. The van der Waals surface area contributed by atoms with Gasteiger partial charge in [0.25, 0.3) is 0 Å². The van der Waals surface area contributed by atoms with E-state index in [9.17, 15) is 15.2 Å². The van der Waals surface area contributed by atoms with Crippen molar-refractivity contribution in [1.29, 1.82) is 0 Å². The average molecular weight is 321 g/mol. The molecule has 3 aromatic rings. The van der Waals surface area contributed by atoms with E-state index in [1.165, 1.54) is 27.0 Å². The van der Waals surface area contributed by atoms with Crippen LogP contribution in [-0.2, 0) is 13.1 Å². The minimum atomic E-state index is -0.843. The van der Waals surface area contributed by atoms with Crippen molar-refractivity contribution < 1.29 is 10.0 Å². The van der Waals surface area contributed by atoms with Crippen LogP contribution in [0.4, 0.5) is 5.69 Å². The predicted octanol–water partition coefficient (Wildman–Crippen LogP) is 0.567. The molecule has 0 fully saturated rings. The van der Waals surface area contributed by atoms with Crippen LogP contribution in [0.1, 0.15) is 0 Å².